The Balaban J connectivity index is 2.26. The molecule has 0 aliphatic carbocycles. The molecule has 0 bridgehead atoms. The topological polar surface area (TPSA) is 86.7 Å². The molecule has 1 aromatic carbocycles. The Hall–Kier alpha value is -1.31. The van der Waals surface area contributed by atoms with Gasteiger partial charge in [-0.3, -0.25) is 4.79 Å². The average molecular weight is 347 g/mol. The Kier molecular flexibility index (Phi) is 4.99. The Morgan fingerprint density at radius 2 is 2.09 bits per heavy atom. The SMILES string of the molecule is CC(C)C(C(=O)Nc1cc(Cl)ccc1O)N1CCCS1(=O)=O. The predicted octanol–water partition coefficient (Wildman–Crippen LogP) is 2.04. The van der Waals surface area contributed by atoms with Gasteiger partial charge in [-0.05, 0) is 30.5 Å². The Bertz CT molecular complexity index is 675. The van der Waals surface area contributed by atoms with Crippen LogP contribution in [-0.4, -0.2) is 42.1 Å². The van der Waals surface area contributed by atoms with E-state index in [1.165, 1.54) is 22.5 Å². The number of rotatable bonds is 4. The highest BCUT2D eigenvalue weighted by molar-refractivity contribution is 7.89. The third-order valence-corrected chi connectivity index (χ3v) is 5.73. The lowest BCUT2D eigenvalue weighted by atomic mass is 10.0. The molecule has 1 aliphatic heterocycles. The van der Waals surface area contributed by atoms with Gasteiger partial charge in [-0.25, -0.2) is 8.42 Å². The van der Waals surface area contributed by atoms with Crippen LogP contribution in [0.1, 0.15) is 20.3 Å². The zero-order valence-corrected chi connectivity index (χ0v) is 14.0. The Morgan fingerprint density at radius 1 is 1.41 bits per heavy atom. The number of halogens is 1. The molecular formula is C14H19ClN2O4S. The third-order valence-electron chi connectivity index (χ3n) is 3.56. The second kappa shape index (κ2) is 6.44. The van der Waals surface area contributed by atoms with Crippen molar-refractivity contribution in [2.45, 2.75) is 26.3 Å². The number of amides is 1. The molecule has 1 atom stereocenters. The van der Waals surface area contributed by atoms with Crippen LogP contribution in [0.25, 0.3) is 0 Å². The average Bonchev–Trinajstić information content (AvgIpc) is 2.74. The molecule has 1 fully saturated rings. The molecular weight excluding hydrogens is 328 g/mol. The lowest BCUT2D eigenvalue weighted by Gasteiger charge is -2.28. The molecule has 1 unspecified atom stereocenters. The maximum absolute atomic E-state index is 12.5. The van der Waals surface area contributed by atoms with Gasteiger partial charge >= 0.3 is 0 Å². The summed E-state index contributed by atoms with van der Waals surface area (Å²) < 4.78 is 25.4. The first-order valence-corrected chi connectivity index (χ1v) is 9.00. The molecule has 0 aromatic heterocycles. The second-order valence-corrected chi connectivity index (χ2v) is 8.10. The maximum Gasteiger partial charge on any atom is 0.243 e. The summed E-state index contributed by atoms with van der Waals surface area (Å²) >= 11 is 5.85. The third kappa shape index (κ3) is 3.53. The summed E-state index contributed by atoms with van der Waals surface area (Å²) in [7, 11) is -3.40. The van der Waals surface area contributed by atoms with Gasteiger partial charge in [0, 0.05) is 11.6 Å². The van der Waals surface area contributed by atoms with Gasteiger partial charge < -0.3 is 10.4 Å². The number of nitrogens with zero attached hydrogens (tertiary/aromatic N) is 1. The van der Waals surface area contributed by atoms with Crippen molar-refractivity contribution in [3.8, 4) is 5.75 Å². The molecule has 8 heteroatoms. The zero-order chi connectivity index (χ0) is 16.5. The van der Waals surface area contributed by atoms with Crippen molar-refractivity contribution >= 4 is 33.2 Å². The summed E-state index contributed by atoms with van der Waals surface area (Å²) in [6, 6.07) is 3.47. The van der Waals surface area contributed by atoms with Crippen LogP contribution in [-0.2, 0) is 14.8 Å². The van der Waals surface area contributed by atoms with E-state index in [2.05, 4.69) is 5.32 Å². The Morgan fingerprint density at radius 3 is 2.64 bits per heavy atom. The quantitative estimate of drug-likeness (QED) is 0.817. The van der Waals surface area contributed by atoms with Crippen LogP contribution in [0.5, 0.6) is 5.75 Å². The highest BCUT2D eigenvalue weighted by atomic mass is 35.5. The molecule has 1 amide bonds. The summed E-state index contributed by atoms with van der Waals surface area (Å²) in [5.74, 6) is -0.733. The molecule has 22 heavy (non-hydrogen) atoms. The molecule has 1 heterocycles. The van der Waals surface area contributed by atoms with E-state index in [0.29, 0.717) is 18.0 Å². The largest absolute Gasteiger partial charge is 0.506 e. The van der Waals surface area contributed by atoms with Crippen LogP contribution in [0, 0.1) is 5.92 Å². The zero-order valence-electron chi connectivity index (χ0n) is 12.4. The first kappa shape index (κ1) is 17.1. The minimum absolute atomic E-state index is 0.0614. The maximum atomic E-state index is 12.5. The lowest BCUT2D eigenvalue weighted by Crippen LogP contribution is -2.48. The highest BCUT2D eigenvalue weighted by Gasteiger charge is 2.40. The van der Waals surface area contributed by atoms with Crippen molar-refractivity contribution in [2.24, 2.45) is 5.92 Å². The van der Waals surface area contributed by atoms with E-state index in [9.17, 15) is 18.3 Å². The molecule has 1 saturated heterocycles. The molecule has 1 aliphatic rings. The fourth-order valence-corrected chi connectivity index (χ4v) is 4.55. The van der Waals surface area contributed by atoms with Crippen molar-refractivity contribution in [2.75, 3.05) is 17.6 Å². The van der Waals surface area contributed by atoms with E-state index in [1.54, 1.807) is 13.8 Å². The predicted molar refractivity (Wildman–Crippen MR) is 85.5 cm³/mol. The van der Waals surface area contributed by atoms with Crippen LogP contribution in [0.15, 0.2) is 18.2 Å². The highest BCUT2D eigenvalue weighted by Crippen LogP contribution is 2.28. The number of aromatic hydroxyl groups is 1. The minimum atomic E-state index is -3.40. The number of sulfonamides is 1. The van der Waals surface area contributed by atoms with Crippen LogP contribution >= 0.6 is 11.6 Å². The number of carbonyl (C=O) groups is 1. The summed E-state index contributed by atoms with van der Waals surface area (Å²) in [6.45, 7) is 3.91. The van der Waals surface area contributed by atoms with Gasteiger partial charge in [0.25, 0.3) is 0 Å². The van der Waals surface area contributed by atoms with Gasteiger partial charge in [-0.2, -0.15) is 4.31 Å². The lowest BCUT2D eigenvalue weighted by molar-refractivity contribution is -0.120. The van der Waals surface area contributed by atoms with Crippen LogP contribution < -0.4 is 5.32 Å². The molecule has 122 valence electrons. The van der Waals surface area contributed by atoms with Gasteiger partial charge in [-0.15, -0.1) is 0 Å². The summed E-state index contributed by atoms with van der Waals surface area (Å²) in [5, 5.41) is 12.7. The summed E-state index contributed by atoms with van der Waals surface area (Å²) in [4.78, 5) is 12.5. The molecule has 2 N–H and O–H groups in total. The van der Waals surface area contributed by atoms with Crippen molar-refractivity contribution in [1.29, 1.82) is 0 Å². The van der Waals surface area contributed by atoms with E-state index >= 15 is 0 Å². The molecule has 0 saturated carbocycles. The van der Waals surface area contributed by atoms with Gasteiger partial charge in [0.15, 0.2) is 0 Å². The van der Waals surface area contributed by atoms with Crippen molar-refractivity contribution in [1.82, 2.24) is 4.31 Å². The number of anilines is 1. The Labute approximate surface area is 135 Å². The molecule has 1 aromatic rings. The number of benzene rings is 1. The van der Waals surface area contributed by atoms with Crippen molar-refractivity contribution in [3.63, 3.8) is 0 Å². The van der Waals surface area contributed by atoms with Crippen LogP contribution in [0.4, 0.5) is 5.69 Å². The number of hydrogen-bond donors (Lipinski definition) is 2. The first-order valence-electron chi connectivity index (χ1n) is 7.01. The number of hydrogen-bond acceptors (Lipinski definition) is 4. The second-order valence-electron chi connectivity index (χ2n) is 5.62. The van der Waals surface area contributed by atoms with Gasteiger partial charge in [-0.1, -0.05) is 25.4 Å². The molecule has 0 radical (unpaired) electrons. The standard InChI is InChI=1S/C14H19ClN2O4S/c1-9(2)13(17-6-3-7-22(17,20)21)14(19)16-11-8-10(15)4-5-12(11)18/h4-5,8-9,13,18H,3,6-7H2,1-2H3,(H,16,19). The molecule has 6 nitrogen and oxygen atoms in total. The minimum Gasteiger partial charge on any atom is -0.506 e. The molecule has 2 rings (SSSR count). The molecule has 0 spiro atoms. The van der Waals surface area contributed by atoms with Crippen molar-refractivity contribution < 1.29 is 18.3 Å². The van der Waals surface area contributed by atoms with E-state index in [0.717, 1.165) is 0 Å². The fraction of sp³-hybridized carbons (Fsp3) is 0.500. The van der Waals surface area contributed by atoms with Crippen LogP contribution in [0.2, 0.25) is 5.02 Å². The summed E-state index contributed by atoms with van der Waals surface area (Å²) in [6.07, 6.45) is 0.515. The fourth-order valence-electron chi connectivity index (χ4n) is 2.55. The number of phenolic OH excluding ortho intramolecular Hbond substituents is 1. The normalized spacial score (nSPS) is 19.3. The van der Waals surface area contributed by atoms with E-state index in [-0.39, 0.29) is 23.1 Å². The monoisotopic (exact) mass is 346 g/mol. The van der Waals surface area contributed by atoms with E-state index < -0.39 is 22.0 Å². The van der Waals surface area contributed by atoms with E-state index in [4.69, 9.17) is 11.6 Å². The summed E-state index contributed by atoms with van der Waals surface area (Å²) in [5.41, 5.74) is 0.166. The van der Waals surface area contributed by atoms with E-state index in [1.807, 2.05) is 0 Å². The van der Waals surface area contributed by atoms with Crippen LogP contribution in [0.3, 0.4) is 0 Å². The number of carbonyl (C=O) groups excluding carboxylic acids is 1. The van der Waals surface area contributed by atoms with Gasteiger partial charge in [0.1, 0.15) is 11.8 Å². The smallest absolute Gasteiger partial charge is 0.243 e. The van der Waals surface area contributed by atoms with Gasteiger partial charge in [0.2, 0.25) is 15.9 Å². The van der Waals surface area contributed by atoms with Gasteiger partial charge in [0.05, 0.1) is 11.4 Å². The number of phenols is 1. The first-order chi connectivity index (χ1) is 10.2. The van der Waals surface area contributed by atoms with Crippen molar-refractivity contribution in [3.05, 3.63) is 23.2 Å². The number of nitrogens with one attached hydrogen (secondary N) is 1.